The fraction of sp³-hybridized carbons (Fsp3) is 0.733. The average Bonchev–Trinajstić information content (AvgIpc) is 3.10. The Morgan fingerprint density at radius 2 is 2.04 bits per heavy atom. The van der Waals surface area contributed by atoms with Crippen LogP contribution in [0.4, 0.5) is 13.2 Å². The summed E-state index contributed by atoms with van der Waals surface area (Å²) in [7, 11) is 0. The van der Waals surface area contributed by atoms with E-state index in [0.717, 1.165) is 25.9 Å². The molecule has 3 heterocycles. The van der Waals surface area contributed by atoms with E-state index in [0.29, 0.717) is 24.8 Å². The molecule has 1 aromatic heterocycles. The first-order valence-corrected chi connectivity index (χ1v) is 8.84. The predicted molar refractivity (Wildman–Crippen MR) is 85.6 cm³/mol. The molecule has 24 heavy (non-hydrogen) atoms. The van der Waals surface area contributed by atoms with Gasteiger partial charge in [-0.1, -0.05) is 0 Å². The standard InChI is InChI=1S/C15H20BrF3N4O/c1-9-12(16)13(15(17,18)19)20-23(9)10(2)14(24)22-7-6-21-5-3-4-11(21)8-22/h10-11H,3-8H2,1-2H3/t10-,11+/m1/s1. The molecule has 0 N–H and O–H groups in total. The molecule has 9 heteroatoms. The van der Waals surface area contributed by atoms with E-state index in [2.05, 4.69) is 25.9 Å². The largest absolute Gasteiger partial charge is 0.436 e. The van der Waals surface area contributed by atoms with Gasteiger partial charge in [-0.05, 0) is 49.2 Å². The van der Waals surface area contributed by atoms with Gasteiger partial charge in [0.1, 0.15) is 6.04 Å². The number of carbonyl (C=O) groups is 1. The van der Waals surface area contributed by atoms with Crippen molar-refractivity contribution < 1.29 is 18.0 Å². The van der Waals surface area contributed by atoms with Gasteiger partial charge in [0.25, 0.3) is 0 Å². The lowest BCUT2D eigenvalue weighted by Gasteiger charge is -2.38. The number of halogens is 4. The second kappa shape index (κ2) is 6.33. The number of amides is 1. The first-order valence-electron chi connectivity index (χ1n) is 8.04. The van der Waals surface area contributed by atoms with Gasteiger partial charge in [0.2, 0.25) is 5.91 Å². The molecule has 5 nitrogen and oxygen atoms in total. The van der Waals surface area contributed by atoms with Gasteiger partial charge in [0.05, 0.1) is 10.2 Å². The summed E-state index contributed by atoms with van der Waals surface area (Å²) in [6.45, 7) is 6.31. The summed E-state index contributed by atoms with van der Waals surface area (Å²) in [5.41, 5.74) is -0.678. The highest BCUT2D eigenvalue weighted by Crippen LogP contribution is 2.36. The highest BCUT2D eigenvalue weighted by Gasteiger charge is 2.40. The maximum Gasteiger partial charge on any atom is 0.436 e. The first kappa shape index (κ1) is 17.7. The van der Waals surface area contributed by atoms with Crippen molar-refractivity contribution in [3.05, 3.63) is 15.9 Å². The van der Waals surface area contributed by atoms with Gasteiger partial charge in [0, 0.05) is 25.7 Å². The number of piperazine rings is 1. The molecular formula is C15H20BrF3N4O. The molecule has 1 amide bonds. The van der Waals surface area contributed by atoms with Crippen LogP contribution in [-0.2, 0) is 11.0 Å². The lowest BCUT2D eigenvalue weighted by molar-refractivity contribution is -0.143. The quantitative estimate of drug-likeness (QED) is 0.755. The molecule has 0 radical (unpaired) electrons. The summed E-state index contributed by atoms with van der Waals surface area (Å²) in [6, 6.07) is -0.378. The van der Waals surface area contributed by atoms with Crippen LogP contribution in [-0.4, -0.2) is 57.7 Å². The molecule has 3 rings (SSSR count). The van der Waals surface area contributed by atoms with Gasteiger partial charge < -0.3 is 4.90 Å². The van der Waals surface area contributed by atoms with E-state index in [1.807, 2.05) is 0 Å². The maximum absolute atomic E-state index is 13.0. The Morgan fingerprint density at radius 3 is 2.67 bits per heavy atom. The molecule has 0 spiro atoms. The smallest absolute Gasteiger partial charge is 0.338 e. The van der Waals surface area contributed by atoms with Gasteiger partial charge in [-0.3, -0.25) is 14.4 Å². The third-order valence-corrected chi connectivity index (χ3v) is 5.92. The van der Waals surface area contributed by atoms with Gasteiger partial charge in [-0.25, -0.2) is 0 Å². The lowest BCUT2D eigenvalue weighted by atomic mass is 10.1. The van der Waals surface area contributed by atoms with Crippen LogP contribution in [0.15, 0.2) is 4.47 Å². The van der Waals surface area contributed by atoms with Crippen LogP contribution in [0.5, 0.6) is 0 Å². The molecule has 1 aromatic rings. The van der Waals surface area contributed by atoms with Crippen molar-refractivity contribution in [2.75, 3.05) is 26.2 Å². The third kappa shape index (κ3) is 3.08. The number of hydrogen-bond donors (Lipinski definition) is 0. The highest BCUT2D eigenvalue weighted by atomic mass is 79.9. The van der Waals surface area contributed by atoms with Gasteiger partial charge in [-0.2, -0.15) is 18.3 Å². The van der Waals surface area contributed by atoms with E-state index in [-0.39, 0.29) is 10.4 Å². The Hall–Kier alpha value is -1.09. The number of carbonyl (C=O) groups excluding carboxylic acids is 1. The van der Waals surface area contributed by atoms with Crippen molar-refractivity contribution in [3.8, 4) is 0 Å². The predicted octanol–water partition coefficient (Wildman–Crippen LogP) is 2.84. The number of alkyl halides is 3. The monoisotopic (exact) mass is 408 g/mol. The SMILES string of the molecule is Cc1c(Br)c(C(F)(F)F)nn1[C@H](C)C(=O)N1CCN2CCC[C@H]2C1. The lowest BCUT2D eigenvalue weighted by Crippen LogP contribution is -2.53. The van der Waals surface area contributed by atoms with Crippen molar-refractivity contribution in [2.24, 2.45) is 0 Å². The van der Waals surface area contributed by atoms with E-state index in [4.69, 9.17) is 0 Å². The number of hydrogen-bond acceptors (Lipinski definition) is 3. The minimum Gasteiger partial charge on any atom is -0.338 e. The molecule has 2 saturated heterocycles. The van der Waals surface area contributed by atoms with E-state index in [9.17, 15) is 18.0 Å². The van der Waals surface area contributed by atoms with Crippen LogP contribution in [0, 0.1) is 6.92 Å². The number of aromatic nitrogens is 2. The van der Waals surface area contributed by atoms with E-state index < -0.39 is 17.9 Å². The fourth-order valence-corrected chi connectivity index (χ4v) is 4.10. The zero-order valence-corrected chi connectivity index (χ0v) is 15.2. The molecule has 0 aliphatic carbocycles. The van der Waals surface area contributed by atoms with Crippen molar-refractivity contribution in [1.82, 2.24) is 19.6 Å². The second-order valence-corrected chi connectivity index (χ2v) is 7.28. The number of fused-ring (bicyclic) bond motifs is 1. The van der Waals surface area contributed by atoms with Crippen molar-refractivity contribution in [2.45, 2.75) is 44.9 Å². The summed E-state index contributed by atoms with van der Waals surface area (Å²) in [6.07, 6.45) is -2.34. The van der Waals surface area contributed by atoms with Crippen LogP contribution in [0.25, 0.3) is 0 Å². The van der Waals surface area contributed by atoms with Crippen molar-refractivity contribution in [1.29, 1.82) is 0 Å². The van der Waals surface area contributed by atoms with Crippen LogP contribution >= 0.6 is 15.9 Å². The molecule has 0 unspecified atom stereocenters. The van der Waals surface area contributed by atoms with E-state index in [1.165, 1.54) is 11.6 Å². The van der Waals surface area contributed by atoms with Crippen LogP contribution < -0.4 is 0 Å². The summed E-state index contributed by atoms with van der Waals surface area (Å²) in [4.78, 5) is 16.9. The summed E-state index contributed by atoms with van der Waals surface area (Å²) in [5.74, 6) is -0.173. The first-order chi connectivity index (χ1) is 11.2. The molecule has 0 saturated carbocycles. The average molecular weight is 409 g/mol. The maximum atomic E-state index is 13.0. The van der Waals surface area contributed by atoms with Gasteiger partial charge in [-0.15, -0.1) is 0 Å². The zero-order chi connectivity index (χ0) is 17.6. The Balaban J connectivity index is 1.79. The van der Waals surface area contributed by atoms with Crippen molar-refractivity contribution in [3.63, 3.8) is 0 Å². The van der Waals surface area contributed by atoms with Crippen molar-refractivity contribution >= 4 is 21.8 Å². The van der Waals surface area contributed by atoms with Crippen LogP contribution in [0.3, 0.4) is 0 Å². The minimum atomic E-state index is -4.55. The van der Waals surface area contributed by atoms with Gasteiger partial charge in [0.15, 0.2) is 5.69 Å². The Labute approximate surface area is 146 Å². The van der Waals surface area contributed by atoms with Gasteiger partial charge >= 0.3 is 6.18 Å². The molecule has 2 aliphatic rings. The molecule has 2 fully saturated rings. The molecular weight excluding hydrogens is 389 g/mol. The number of nitrogens with zero attached hydrogens (tertiary/aromatic N) is 4. The Kier molecular flexibility index (Phi) is 4.67. The summed E-state index contributed by atoms with van der Waals surface area (Å²) < 4.78 is 40.1. The molecule has 0 bridgehead atoms. The minimum absolute atomic E-state index is 0.102. The topological polar surface area (TPSA) is 41.4 Å². The number of rotatable bonds is 2. The molecule has 2 atom stereocenters. The normalized spacial score (nSPS) is 23.4. The Morgan fingerprint density at radius 1 is 1.33 bits per heavy atom. The van der Waals surface area contributed by atoms with Crippen LogP contribution in [0.2, 0.25) is 0 Å². The molecule has 2 aliphatic heterocycles. The molecule has 134 valence electrons. The molecule has 0 aromatic carbocycles. The second-order valence-electron chi connectivity index (χ2n) is 6.48. The van der Waals surface area contributed by atoms with Crippen LogP contribution in [0.1, 0.15) is 37.2 Å². The van der Waals surface area contributed by atoms with E-state index >= 15 is 0 Å². The Bertz CT molecular complexity index is 645. The summed E-state index contributed by atoms with van der Waals surface area (Å²) >= 11 is 2.95. The highest BCUT2D eigenvalue weighted by molar-refractivity contribution is 9.10. The zero-order valence-electron chi connectivity index (χ0n) is 13.6. The third-order valence-electron chi connectivity index (χ3n) is 4.97. The summed E-state index contributed by atoms with van der Waals surface area (Å²) in [5, 5.41) is 3.65. The fourth-order valence-electron chi connectivity index (χ4n) is 3.62. The van der Waals surface area contributed by atoms with E-state index in [1.54, 1.807) is 11.8 Å².